The van der Waals surface area contributed by atoms with Gasteiger partial charge in [-0.3, -0.25) is 4.98 Å². The molecule has 0 aromatic carbocycles. The van der Waals surface area contributed by atoms with Crippen molar-refractivity contribution in [1.82, 2.24) is 20.1 Å². The first-order valence-electron chi connectivity index (χ1n) is 8.40. The van der Waals surface area contributed by atoms with Crippen LogP contribution >= 0.6 is 0 Å². The van der Waals surface area contributed by atoms with Crippen LogP contribution in [0.3, 0.4) is 0 Å². The molecule has 0 amide bonds. The van der Waals surface area contributed by atoms with E-state index in [-0.39, 0.29) is 5.75 Å². The second-order valence-electron chi connectivity index (χ2n) is 6.77. The molecule has 1 saturated heterocycles. The van der Waals surface area contributed by atoms with Gasteiger partial charge in [0.05, 0.1) is 0 Å². The number of nitrogens with zero attached hydrogens (tertiary/aromatic N) is 4. The van der Waals surface area contributed by atoms with E-state index in [1.807, 2.05) is 20.8 Å². The lowest BCUT2D eigenvalue weighted by Gasteiger charge is -2.31. The van der Waals surface area contributed by atoms with Crippen LogP contribution in [-0.4, -0.2) is 51.4 Å². The highest BCUT2D eigenvalue weighted by Crippen LogP contribution is 2.31. The zero-order chi connectivity index (χ0) is 17.3. The number of anilines is 1. The maximum atomic E-state index is 10.2. The summed E-state index contributed by atoms with van der Waals surface area (Å²) in [6.07, 6.45) is 4.07. The quantitative estimate of drug-likeness (QED) is 0.903. The minimum Gasteiger partial charge on any atom is -0.506 e. The average molecular weight is 327 g/mol. The van der Waals surface area contributed by atoms with Gasteiger partial charge in [0.1, 0.15) is 17.1 Å². The summed E-state index contributed by atoms with van der Waals surface area (Å²) in [5.74, 6) is 0.963. The van der Waals surface area contributed by atoms with E-state index in [0.29, 0.717) is 17.4 Å². The SMILES string of the molecule is Cc1cnc(-c2nnc(NC3CCCN(C)C3)c(C)c2C)c(O)c1. The van der Waals surface area contributed by atoms with Crippen molar-refractivity contribution in [3.63, 3.8) is 0 Å². The summed E-state index contributed by atoms with van der Waals surface area (Å²) >= 11 is 0. The van der Waals surface area contributed by atoms with Crippen molar-refractivity contribution in [2.75, 3.05) is 25.5 Å². The summed E-state index contributed by atoms with van der Waals surface area (Å²) in [6.45, 7) is 8.10. The Hall–Kier alpha value is -2.21. The number of hydrogen-bond acceptors (Lipinski definition) is 6. The van der Waals surface area contributed by atoms with Gasteiger partial charge in [-0.2, -0.15) is 0 Å². The van der Waals surface area contributed by atoms with Gasteiger partial charge in [0.25, 0.3) is 0 Å². The summed E-state index contributed by atoms with van der Waals surface area (Å²) in [5, 5.41) is 22.4. The number of aryl methyl sites for hydroxylation is 1. The zero-order valence-electron chi connectivity index (χ0n) is 14.8. The Labute approximate surface area is 142 Å². The molecule has 2 aromatic rings. The van der Waals surface area contributed by atoms with Crippen molar-refractivity contribution in [3.05, 3.63) is 29.0 Å². The smallest absolute Gasteiger partial charge is 0.152 e. The normalized spacial score (nSPS) is 18.6. The number of hydrogen-bond donors (Lipinski definition) is 2. The fourth-order valence-electron chi connectivity index (χ4n) is 3.18. The predicted octanol–water partition coefficient (Wildman–Crippen LogP) is 2.68. The number of pyridine rings is 1. The van der Waals surface area contributed by atoms with Crippen molar-refractivity contribution in [2.45, 2.75) is 39.7 Å². The molecule has 6 nitrogen and oxygen atoms in total. The monoisotopic (exact) mass is 327 g/mol. The Bertz CT molecular complexity index is 746. The molecular weight excluding hydrogens is 302 g/mol. The average Bonchev–Trinajstić information content (AvgIpc) is 2.53. The van der Waals surface area contributed by atoms with Gasteiger partial charge in [0.15, 0.2) is 5.82 Å². The first-order chi connectivity index (χ1) is 11.5. The first-order valence-corrected chi connectivity index (χ1v) is 8.40. The van der Waals surface area contributed by atoms with E-state index in [4.69, 9.17) is 0 Å². The third-order valence-corrected chi connectivity index (χ3v) is 4.72. The summed E-state index contributed by atoms with van der Waals surface area (Å²) in [6, 6.07) is 2.09. The van der Waals surface area contributed by atoms with E-state index in [1.165, 1.54) is 6.42 Å². The number of nitrogens with one attached hydrogen (secondary N) is 1. The number of aromatic hydroxyl groups is 1. The highest BCUT2D eigenvalue weighted by molar-refractivity contribution is 5.68. The largest absolute Gasteiger partial charge is 0.506 e. The summed E-state index contributed by atoms with van der Waals surface area (Å²) in [7, 11) is 2.15. The molecule has 1 aliphatic rings. The molecule has 3 heterocycles. The molecule has 3 rings (SSSR count). The third-order valence-electron chi connectivity index (χ3n) is 4.72. The number of aromatic nitrogens is 3. The van der Waals surface area contributed by atoms with Gasteiger partial charge < -0.3 is 15.3 Å². The van der Waals surface area contributed by atoms with Crippen LogP contribution in [0.1, 0.15) is 29.5 Å². The van der Waals surface area contributed by atoms with Crippen LogP contribution in [0.15, 0.2) is 12.3 Å². The molecule has 1 unspecified atom stereocenters. The van der Waals surface area contributed by atoms with Gasteiger partial charge in [-0.1, -0.05) is 0 Å². The molecule has 0 aliphatic carbocycles. The van der Waals surface area contributed by atoms with Crippen molar-refractivity contribution in [1.29, 1.82) is 0 Å². The van der Waals surface area contributed by atoms with Gasteiger partial charge >= 0.3 is 0 Å². The number of likely N-dealkylation sites (tertiary alicyclic amines) is 1. The van der Waals surface area contributed by atoms with E-state index in [0.717, 1.165) is 42.0 Å². The summed E-state index contributed by atoms with van der Waals surface area (Å²) in [5.41, 5.74) is 4.07. The van der Waals surface area contributed by atoms with Crippen molar-refractivity contribution in [2.24, 2.45) is 0 Å². The maximum Gasteiger partial charge on any atom is 0.152 e. The van der Waals surface area contributed by atoms with E-state index in [9.17, 15) is 5.11 Å². The van der Waals surface area contributed by atoms with Gasteiger partial charge in [0.2, 0.25) is 0 Å². The molecule has 0 radical (unpaired) electrons. The lowest BCUT2D eigenvalue weighted by molar-refractivity contribution is 0.260. The van der Waals surface area contributed by atoms with E-state index < -0.39 is 0 Å². The van der Waals surface area contributed by atoms with Gasteiger partial charge in [-0.25, -0.2) is 0 Å². The Balaban J connectivity index is 1.88. The van der Waals surface area contributed by atoms with Gasteiger partial charge in [-0.15, -0.1) is 10.2 Å². The maximum absolute atomic E-state index is 10.2. The van der Waals surface area contributed by atoms with Crippen LogP contribution in [0.4, 0.5) is 5.82 Å². The lowest BCUT2D eigenvalue weighted by atomic mass is 10.0. The van der Waals surface area contributed by atoms with E-state index in [1.54, 1.807) is 12.3 Å². The molecule has 24 heavy (non-hydrogen) atoms. The Morgan fingerprint density at radius 3 is 2.67 bits per heavy atom. The molecule has 6 heteroatoms. The van der Waals surface area contributed by atoms with E-state index >= 15 is 0 Å². The Morgan fingerprint density at radius 2 is 1.96 bits per heavy atom. The molecule has 1 aliphatic heterocycles. The summed E-state index contributed by atoms with van der Waals surface area (Å²) < 4.78 is 0. The number of piperidine rings is 1. The van der Waals surface area contributed by atoms with Crippen LogP contribution < -0.4 is 5.32 Å². The van der Waals surface area contributed by atoms with Crippen LogP contribution in [-0.2, 0) is 0 Å². The van der Waals surface area contributed by atoms with E-state index in [2.05, 4.69) is 32.4 Å². The lowest BCUT2D eigenvalue weighted by Crippen LogP contribution is -2.40. The standard InChI is InChI=1S/C18H25N5O/c1-11-8-15(24)17(19-9-11)16-12(2)13(3)18(22-21-16)20-14-6-5-7-23(4)10-14/h8-9,14,24H,5-7,10H2,1-4H3,(H,20,22). The molecule has 128 valence electrons. The Morgan fingerprint density at radius 1 is 1.17 bits per heavy atom. The highest BCUT2D eigenvalue weighted by Gasteiger charge is 2.20. The Kier molecular flexibility index (Phi) is 4.66. The molecule has 0 bridgehead atoms. The molecule has 2 N–H and O–H groups in total. The summed E-state index contributed by atoms with van der Waals surface area (Å²) in [4.78, 5) is 6.66. The van der Waals surface area contributed by atoms with Crippen molar-refractivity contribution >= 4 is 5.82 Å². The second-order valence-corrected chi connectivity index (χ2v) is 6.77. The molecule has 1 fully saturated rings. The minimum absolute atomic E-state index is 0.140. The fraction of sp³-hybridized carbons (Fsp3) is 0.500. The fourth-order valence-corrected chi connectivity index (χ4v) is 3.18. The van der Waals surface area contributed by atoms with Gasteiger partial charge in [0, 0.05) is 18.8 Å². The molecule has 1 atom stereocenters. The third kappa shape index (κ3) is 3.33. The second kappa shape index (κ2) is 6.73. The number of likely N-dealkylation sites (N-methyl/N-ethyl adjacent to an activating group) is 1. The topological polar surface area (TPSA) is 74.2 Å². The molecule has 0 saturated carbocycles. The van der Waals surface area contributed by atoms with Crippen LogP contribution in [0, 0.1) is 20.8 Å². The molecule has 2 aromatic heterocycles. The first kappa shape index (κ1) is 16.6. The van der Waals surface area contributed by atoms with Crippen LogP contribution in [0.25, 0.3) is 11.4 Å². The van der Waals surface area contributed by atoms with Crippen LogP contribution in [0.5, 0.6) is 5.75 Å². The van der Waals surface area contributed by atoms with Gasteiger partial charge in [-0.05, 0) is 70.0 Å². The molecule has 0 spiro atoms. The van der Waals surface area contributed by atoms with Crippen molar-refractivity contribution in [3.8, 4) is 17.1 Å². The zero-order valence-corrected chi connectivity index (χ0v) is 14.8. The molecular formula is C18H25N5O. The van der Waals surface area contributed by atoms with Crippen LogP contribution in [0.2, 0.25) is 0 Å². The highest BCUT2D eigenvalue weighted by atomic mass is 16.3. The minimum atomic E-state index is 0.140. The van der Waals surface area contributed by atoms with Crippen molar-refractivity contribution < 1.29 is 5.11 Å². The predicted molar refractivity (Wildman–Crippen MR) is 95.3 cm³/mol. The number of rotatable bonds is 3.